The first-order chi connectivity index (χ1) is 11.0. The van der Waals surface area contributed by atoms with Crippen molar-refractivity contribution in [2.75, 3.05) is 11.8 Å². The number of aryl methyl sites for hydroxylation is 1. The number of hydrogen-bond acceptors (Lipinski definition) is 4. The Kier molecular flexibility index (Phi) is 6.70. The standard InChI is InChI=1S/C15H23N3O4S2/c1-9(2)18(15(23)16-5)14(19)11(4)12-7-6-10(3)8-13(12)17-24(20,21)22/h6-9,11,17H,1-5H3,(H,16,23)(H,20,21,22). The van der Waals surface area contributed by atoms with Crippen LogP contribution in [0.2, 0.25) is 0 Å². The molecule has 9 heteroatoms. The van der Waals surface area contributed by atoms with Crippen molar-refractivity contribution in [1.29, 1.82) is 0 Å². The molecule has 0 fully saturated rings. The highest BCUT2D eigenvalue weighted by atomic mass is 32.2. The number of rotatable bonds is 5. The van der Waals surface area contributed by atoms with Crippen LogP contribution in [0.1, 0.15) is 37.8 Å². The van der Waals surface area contributed by atoms with E-state index in [-0.39, 0.29) is 17.6 Å². The van der Waals surface area contributed by atoms with Crippen molar-refractivity contribution in [1.82, 2.24) is 10.2 Å². The Morgan fingerprint density at radius 3 is 2.33 bits per heavy atom. The molecule has 0 aliphatic carbocycles. The Morgan fingerprint density at radius 2 is 1.88 bits per heavy atom. The molecule has 0 aliphatic heterocycles. The minimum atomic E-state index is -4.45. The van der Waals surface area contributed by atoms with E-state index < -0.39 is 16.2 Å². The van der Waals surface area contributed by atoms with Crippen molar-refractivity contribution in [3.8, 4) is 0 Å². The topological polar surface area (TPSA) is 98.7 Å². The first kappa shape index (κ1) is 20.3. The van der Waals surface area contributed by atoms with Gasteiger partial charge in [0, 0.05) is 13.1 Å². The normalized spacial score (nSPS) is 12.6. The van der Waals surface area contributed by atoms with Gasteiger partial charge in [-0.2, -0.15) is 8.42 Å². The van der Waals surface area contributed by atoms with E-state index in [0.717, 1.165) is 5.56 Å². The summed E-state index contributed by atoms with van der Waals surface area (Å²) in [6.45, 7) is 7.11. The number of carbonyl (C=O) groups excluding carboxylic acids is 1. The molecule has 0 spiro atoms. The molecule has 1 amide bonds. The maximum Gasteiger partial charge on any atom is 0.357 e. The highest BCUT2D eigenvalue weighted by molar-refractivity contribution is 7.87. The predicted octanol–water partition coefficient (Wildman–Crippen LogP) is 2.05. The van der Waals surface area contributed by atoms with Gasteiger partial charge in [0.1, 0.15) is 0 Å². The van der Waals surface area contributed by atoms with Crippen molar-refractivity contribution >= 4 is 39.2 Å². The predicted molar refractivity (Wildman–Crippen MR) is 98.4 cm³/mol. The van der Waals surface area contributed by atoms with Crippen LogP contribution in [-0.2, 0) is 15.1 Å². The number of nitrogens with zero attached hydrogens (tertiary/aromatic N) is 1. The van der Waals surface area contributed by atoms with Crippen LogP contribution < -0.4 is 10.0 Å². The molecule has 24 heavy (non-hydrogen) atoms. The van der Waals surface area contributed by atoms with Gasteiger partial charge in [-0.25, -0.2) is 0 Å². The van der Waals surface area contributed by atoms with E-state index in [1.54, 1.807) is 39.1 Å². The largest absolute Gasteiger partial charge is 0.365 e. The molecule has 134 valence electrons. The molecule has 3 N–H and O–H groups in total. The van der Waals surface area contributed by atoms with Gasteiger partial charge < -0.3 is 5.32 Å². The van der Waals surface area contributed by atoms with Crippen LogP contribution in [0.4, 0.5) is 5.69 Å². The van der Waals surface area contributed by atoms with Crippen LogP contribution in [-0.4, -0.2) is 42.0 Å². The highest BCUT2D eigenvalue weighted by Gasteiger charge is 2.28. The third kappa shape index (κ3) is 5.15. The van der Waals surface area contributed by atoms with Gasteiger partial charge in [-0.1, -0.05) is 12.1 Å². The maximum absolute atomic E-state index is 12.8. The Balaban J connectivity index is 3.29. The van der Waals surface area contributed by atoms with Crippen LogP contribution in [0.3, 0.4) is 0 Å². The fourth-order valence-electron chi connectivity index (χ4n) is 2.33. The van der Waals surface area contributed by atoms with Gasteiger partial charge in [-0.15, -0.1) is 0 Å². The van der Waals surface area contributed by atoms with Gasteiger partial charge in [0.25, 0.3) is 0 Å². The average Bonchev–Trinajstić information content (AvgIpc) is 2.44. The summed E-state index contributed by atoms with van der Waals surface area (Å²) in [4.78, 5) is 14.3. The van der Waals surface area contributed by atoms with Crippen LogP contribution >= 0.6 is 12.2 Å². The molecular weight excluding hydrogens is 350 g/mol. The van der Waals surface area contributed by atoms with E-state index in [1.165, 1.54) is 4.90 Å². The quantitative estimate of drug-likeness (QED) is 0.540. The number of hydrogen-bond donors (Lipinski definition) is 3. The van der Waals surface area contributed by atoms with Gasteiger partial charge in [0.2, 0.25) is 5.91 Å². The molecule has 0 bridgehead atoms. The van der Waals surface area contributed by atoms with Crippen LogP contribution in [0, 0.1) is 6.92 Å². The Bertz CT molecular complexity index is 732. The molecule has 1 rings (SSSR count). The molecule has 1 aromatic carbocycles. The maximum atomic E-state index is 12.8. The lowest BCUT2D eigenvalue weighted by atomic mass is 9.96. The van der Waals surface area contributed by atoms with Gasteiger partial charge in [0.05, 0.1) is 11.6 Å². The van der Waals surface area contributed by atoms with Crippen molar-refractivity contribution in [2.24, 2.45) is 0 Å². The summed E-state index contributed by atoms with van der Waals surface area (Å²) in [6.07, 6.45) is 0. The van der Waals surface area contributed by atoms with Crippen LogP contribution in [0.5, 0.6) is 0 Å². The summed E-state index contributed by atoms with van der Waals surface area (Å²) in [5, 5.41) is 3.07. The average molecular weight is 374 g/mol. The van der Waals surface area contributed by atoms with Crippen molar-refractivity contribution in [3.63, 3.8) is 0 Å². The molecule has 1 unspecified atom stereocenters. The van der Waals surface area contributed by atoms with Gasteiger partial charge in [0.15, 0.2) is 5.11 Å². The molecule has 1 aromatic rings. The Morgan fingerprint density at radius 1 is 1.29 bits per heavy atom. The summed E-state index contributed by atoms with van der Waals surface area (Å²) < 4.78 is 33.5. The molecule has 7 nitrogen and oxygen atoms in total. The number of thiocarbonyl (C=S) groups is 1. The SMILES string of the molecule is CNC(=S)N(C(=O)C(C)c1ccc(C)cc1NS(=O)(=O)O)C(C)C. The van der Waals surface area contributed by atoms with Crippen LogP contribution in [0.15, 0.2) is 18.2 Å². The van der Waals surface area contributed by atoms with E-state index in [1.807, 2.05) is 18.6 Å². The minimum Gasteiger partial charge on any atom is -0.365 e. The summed E-state index contributed by atoms with van der Waals surface area (Å²) in [7, 11) is -2.81. The Hall–Kier alpha value is -1.71. The van der Waals surface area contributed by atoms with Gasteiger partial charge >= 0.3 is 10.3 Å². The van der Waals surface area contributed by atoms with Crippen LogP contribution in [0.25, 0.3) is 0 Å². The van der Waals surface area contributed by atoms with Crippen molar-refractivity contribution < 1.29 is 17.8 Å². The molecule has 0 saturated carbocycles. The van der Waals surface area contributed by atoms with Gasteiger partial charge in [-0.3, -0.25) is 19.0 Å². The number of carbonyl (C=O) groups is 1. The zero-order valence-electron chi connectivity index (χ0n) is 14.3. The fourth-order valence-corrected chi connectivity index (χ4v) is 3.08. The first-order valence-corrected chi connectivity index (χ1v) is 9.23. The summed E-state index contributed by atoms with van der Waals surface area (Å²) in [5.41, 5.74) is 1.40. The number of nitrogens with one attached hydrogen (secondary N) is 2. The van der Waals surface area contributed by atoms with E-state index in [9.17, 15) is 13.2 Å². The second-order valence-corrected chi connectivity index (χ2v) is 7.29. The van der Waals surface area contributed by atoms with Gasteiger partial charge in [-0.05, 0) is 57.1 Å². The van der Waals surface area contributed by atoms with E-state index in [2.05, 4.69) is 5.32 Å². The van der Waals surface area contributed by atoms with E-state index in [0.29, 0.717) is 10.7 Å². The molecular formula is C15H23N3O4S2. The minimum absolute atomic E-state index is 0.164. The second-order valence-electron chi connectivity index (χ2n) is 5.75. The first-order valence-electron chi connectivity index (χ1n) is 7.38. The van der Waals surface area contributed by atoms with E-state index in [4.69, 9.17) is 16.8 Å². The zero-order chi connectivity index (χ0) is 18.7. The third-order valence-electron chi connectivity index (χ3n) is 3.47. The lowest BCUT2D eigenvalue weighted by molar-refractivity contribution is -0.129. The molecule has 0 heterocycles. The van der Waals surface area contributed by atoms with E-state index >= 15 is 0 Å². The number of amides is 1. The summed E-state index contributed by atoms with van der Waals surface area (Å²) in [5.74, 6) is -0.935. The molecule has 0 aromatic heterocycles. The fraction of sp³-hybridized carbons (Fsp3) is 0.467. The lowest BCUT2D eigenvalue weighted by Crippen LogP contribution is -2.48. The smallest absolute Gasteiger partial charge is 0.357 e. The second kappa shape index (κ2) is 7.91. The summed E-state index contributed by atoms with van der Waals surface area (Å²) >= 11 is 5.18. The van der Waals surface area contributed by atoms with Crippen molar-refractivity contribution in [2.45, 2.75) is 39.7 Å². The molecule has 0 aliphatic rings. The zero-order valence-corrected chi connectivity index (χ0v) is 16.0. The third-order valence-corrected chi connectivity index (χ3v) is 4.35. The molecule has 0 saturated heterocycles. The number of anilines is 1. The molecule has 1 atom stereocenters. The highest BCUT2D eigenvalue weighted by Crippen LogP contribution is 2.28. The monoisotopic (exact) mass is 373 g/mol. The molecule has 0 radical (unpaired) electrons. The number of benzene rings is 1. The summed E-state index contributed by atoms with van der Waals surface area (Å²) in [6, 6.07) is 4.82. The Labute approximate surface area is 148 Å². The van der Waals surface area contributed by atoms with Crippen molar-refractivity contribution in [3.05, 3.63) is 29.3 Å². The lowest BCUT2D eigenvalue weighted by Gasteiger charge is -2.30.